The molecular formula is C72H128O6. The first kappa shape index (κ1) is 74.8. The van der Waals surface area contributed by atoms with Crippen LogP contribution < -0.4 is 0 Å². The van der Waals surface area contributed by atoms with Gasteiger partial charge in [-0.25, -0.2) is 0 Å². The molecule has 0 heterocycles. The predicted octanol–water partition coefficient (Wildman–Crippen LogP) is 23.3. The molecule has 0 saturated carbocycles. The summed E-state index contributed by atoms with van der Waals surface area (Å²) in [6, 6.07) is 0. The van der Waals surface area contributed by atoms with Gasteiger partial charge in [0.25, 0.3) is 0 Å². The zero-order chi connectivity index (χ0) is 56.4. The highest BCUT2D eigenvalue weighted by atomic mass is 16.6. The lowest BCUT2D eigenvalue weighted by atomic mass is 10.0. The van der Waals surface area contributed by atoms with Crippen LogP contribution in [0.25, 0.3) is 0 Å². The van der Waals surface area contributed by atoms with E-state index in [0.29, 0.717) is 19.3 Å². The summed E-state index contributed by atoms with van der Waals surface area (Å²) in [7, 11) is 0. The van der Waals surface area contributed by atoms with Crippen molar-refractivity contribution in [3.8, 4) is 0 Å². The van der Waals surface area contributed by atoms with E-state index < -0.39 is 6.10 Å². The molecule has 1 atom stereocenters. The number of carbonyl (C=O) groups excluding carboxylic acids is 3. The maximum atomic E-state index is 12.9. The topological polar surface area (TPSA) is 78.9 Å². The van der Waals surface area contributed by atoms with E-state index in [4.69, 9.17) is 14.2 Å². The van der Waals surface area contributed by atoms with Crippen LogP contribution in [0.5, 0.6) is 0 Å². The highest BCUT2D eigenvalue weighted by Gasteiger charge is 2.19. The van der Waals surface area contributed by atoms with Crippen LogP contribution in [0.1, 0.15) is 348 Å². The predicted molar refractivity (Wildman–Crippen MR) is 339 cm³/mol. The van der Waals surface area contributed by atoms with Gasteiger partial charge in [0.15, 0.2) is 6.10 Å². The Kier molecular flexibility index (Phi) is 63.7. The van der Waals surface area contributed by atoms with Crippen LogP contribution in [-0.2, 0) is 28.6 Å². The number of hydrogen-bond donors (Lipinski definition) is 0. The molecule has 0 spiro atoms. The van der Waals surface area contributed by atoms with Crippen LogP contribution in [0.4, 0.5) is 0 Å². The summed E-state index contributed by atoms with van der Waals surface area (Å²) in [6.07, 6.45) is 86.4. The summed E-state index contributed by atoms with van der Waals surface area (Å²) < 4.78 is 16.9. The van der Waals surface area contributed by atoms with Crippen molar-refractivity contribution in [2.75, 3.05) is 13.2 Å². The largest absolute Gasteiger partial charge is 0.462 e. The Bertz CT molecular complexity index is 1440. The molecule has 6 heteroatoms. The molecule has 0 amide bonds. The zero-order valence-electron chi connectivity index (χ0n) is 51.9. The summed E-state index contributed by atoms with van der Waals surface area (Å²) >= 11 is 0. The number of carbonyl (C=O) groups is 3. The molecule has 0 N–H and O–H groups in total. The number of esters is 3. The molecule has 0 radical (unpaired) electrons. The van der Waals surface area contributed by atoms with Crippen LogP contribution in [-0.4, -0.2) is 37.2 Å². The molecule has 0 saturated heterocycles. The third kappa shape index (κ3) is 63.7. The average Bonchev–Trinajstić information content (AvgIpc) is 3.44. The smallest absolute Gasteiger partial charge is 0.306 e. The third-order valence-electron chi connectivity index (χ3n) is 14.9. The minimum atomic E-state index is -0.776. The van der Waals surface area contributed by atoms with Crippen molar-refractivity contribution in [2.45, 2.75) is 354 Å². The van der Waals surface area contributed by atoms with E-state index in [2.05, 4.69) is 93.7 Å². The lowest BCUT2D eigenvalue weighted by Gasteiger charge is -2.18. The molecule has 0 rings (SSSR count). The van der Waals surface area contributed by atoms with E-state index in [1.54, 1.807) is 0 Å². The summed E-state index contributed by atoms with van der Waals surface area (Å²) in [5.41, 5.74) is 0. The van der Waals surface area contributed by atoms with Gasteiger partial charge in [0.05, 0.1) is 0 Å². The van der Waals surface area contributed by atoms with E-state index in [-0.39, 0.29) is 31.1 Å². The summed E-state index contributed by atoms with van der Waals surface area (Å²) in [4.78, 5) is 38.3. The molecular weight excluding hydrogens is 961 g/mol. The van der Waals surface area contributed by atoms with E-state index in [0.717, 1.165) is 96.3 Å². The van der Waals surface area contributed by atoms with Gasteiger partial charge in [0.2, 0.25) is 0 Å². The Morgan fingerprint density at radius 3 is 0.821 bits per heavy atom. The summed E-state index contributed by atoms with van der Waals surface area (Å²) in [6.45, 7) is 6.54. The molecule has 0 aliphatic carbocycles. The van der Waals surface area contributed by atoms with E-state index in [1.165, 1.54) is 212 Å². The van der Waals surface area contributed by atoms with Gasteiger partial charge in [-0.2, -0.15) is 0 Å². The number of rotatable bonds is 62. The average molecular weight is 1090 g/mol. The molecule has 0 aliphatic rings. The first-order valence-electron chi connectivity index (χ1n) is 33.9. The normalized spacial score (nSPS) is 12.5. The number of ether oxygens (including phenoxy) is 3. The SMILES string of the molecule is CC/C=C\C/C=C\C/C=C\C/C=C\C/C=C\CCCCCCCCCCCCCCCCCC(=O)OCC(COC(=O)CCCCCCC/C=C\CCCCC)OC(=O)CCCCCCCCCCCCCCCCCCC. The van der Waals surface area contributed by atoms with Crippen molar-refractivity contribution in [1.29, 1.82) is 0 Å². The highest BCUT2D eigenvalue weighted by Crippen LogP contribution is 2.18. The lowest BCUT2D eigenvalue weighted by molar-refractivity contribution is -0.167. The molecule has 0 aromatic rings. The quantitative estimate of drug-likeness (QED) is 0.0261. The Balaban J connectivity index is 4.17. The second-order valence-corrected chi connectivity index (χ2v) is 22.7. The van der Waals surface area contributed by atoms with Crippen molar-refractivity contribution in [1.82, 2.24) is 0 Å². The van der Waals surface area contributed by atoms with Crippen LogP contribution >= 0.6 is 0 Å². The van der Waals surface area contributed by atoms with Crippen molar-refractivity contribution in [3.63, 3.8) is 0 Å². The Labute approximate surface area is 484 Å². The molecule has 1 unspecified atom stereocenters. The van der Waals surface area contributed by atoms with Crippen LogP contribution in [0, 0.1) is 0 Å². The minimum Gasteiger partial charge on any atom is -0.462 e. The standard InChI is InChI=1S/C72H128O6/c1-4-7-10-13-16-19-22-25-27-29-30-31-32-33-34-35-36-37-38-39-40-41-42-44-45-47-50-53-56-59-62-65-71(74)77-68-69(67-76-70(73)64-61-58-55-52-49-24-21-18-15-12-9-6-3)78-72(75)66-63-60-57-54-51-48-46-43-28-26-23-20-17-14-11-8-5-2/h7,10,16,18-19,21,25,27,30-31,33-34,69H,4-6,8-9,11-15,17,20,22-24,26,28-29,32,35-68H2,1-3H3/b10-7-,19-16-,21-18-,27-25-,31-30-,34-33-. The maximum absolute atomic E-state index is 12.9. The van der Waals surface area contributed by atoms with Gasteiger partial charge in [-0.05, 0) is 89.9 Å². The molecule has 0 fully saturated rings. The molecule has 6 nitrogen and oxygen atoms in total. The first-order chi connectivity index (χ1) is 38.5. The zero-order valence-corrected chi connectivity index (χ0v) is 51.9. The number of unbranched alkanes of at least 4 members (excludes halogenated alkanes) is 39. The highest BCUT2D eigenvalue weighted by molar-refractivity contribution is 5.71. The fraction of sp³-hybridized carbons (Fsp3) is 0.792. The Morgan fingerprint density at radius 2 is 0.500 bits per heavy atom. The molecule has 0 aromatic heterocycles. The minimum absolute atomic E-state index is 0.0730. The fourth-order valence-corrected chi connectivity index (χ4v) is 9.88. The van der Waals surface area contributed by atoms with E-state index in [9.17, 15) is 14.4 Å². The second kappa shape index (κ2) is 66.4. The molecule has 0 aliphatic heterocycles. The van der Waals surface area contributed by atoms with Gasteiger partial charge < -0.3 is 14.2 Å². The van der Waals surface area contributed by atoms with Crippen LogP contribution in [0.15, 0.2) is 72.9 Å². The van der Waals surface area contributed by atoms with Gasteiger partial charge in [-0.1, -0.05) is 312 Å². The molecule has 0 aromatic carbocycles. The fourth-order valence-electron chi connectivity index (χ4n) is 9.88. The Hall–Kier alpha value is -3.15. The van der Waals surface area contributed by atoms with Crippen molar-refractivity contribution < 1.29 is 28.6 Å². The van der Waals surface area contributed by atoms with Gasteiger partial charge in [0.1, 0.15) is 13.2 Å². The van der Waals surface area contributed by atoms with Crippen LogP contribution in [0.3, 0.4) is 0 Å². The summed E-state index contributed by atoms with van der Waals surface area (Å²) in [5, 5.41) is 0. The molecule has 452 valence electrons. The van der Waals surface area contributed by atoms with Gasteiger partial charge >= 0.3 is 17.9 Å². The van der Waals surface area contributed by atoms with Crippen LogP contribution in [0.2, 0.25) is 0 Å². The number of hydrogen-bond acceptors (Lipinski definition) is 6. The Morgan fingerprint density at radius 1 is 0.269 bits per heavy atom. The number of allylic oxidation sites excluding steroid dienone is 12. The maximum Gasteiger partial charge on any atom is 0.306 e. The van der Waals surface area contributed by atoms with Gasteiger partial charge in [-0.15, -0.1) is 0 Å². The van der Waals surface area contributed by atoms with Crippen molar-refractivity contribution in [2.24, 2.45) is 0 Å². The van der Waals surface area contributed by atoms with Crippen molar-refractivity contribution >= 4 is 17.9 Å². The third-order valence-corrected chi connectivity index (χ3v) is 14.9. The van der Waals surface area contributed by atoms with Gasteiger partial charge in [0, 0.05) is 19.3 Å². The monoisotopic (exact) mass is 1090 g/mol. The lowest BCUT2D eigenvalue weighted by Crippen LogP contribution is -2.30. The molecule has 78 heavy (non-hydrogen) atoms. The van der Waals surface area contributed by atoms with E-state index in [1.807, 2.05) is 0 Å². The first-order valence-corrected chi connectivity index (χ1v) is 33.9. The van der Waals surface area contributed by atoms with Crippen molar-refractivity contribution in [3.05, 3.63) is 72.9 Å². The van der Waals surface area contributed by atoms with Gasteiger partial charge in [-0.3, -0.25) is 14.4 Å². The summed E-state index contributed by atoms with van der Waals surface area (Å²) in [5.74, 6) is -0.862. The van der Waals surface area contributed by atoms with E-state index >= 15 is 0 Å². The molecule has 0 bridgehead atoms. The second-order valence-electron chi connectivity index (χ2n) is 22.7.